The van der Waals surface area contributed by atoms with E-state index in [0.29, 0.717) is 34.6 Å². The van der Waals surface area contributed by atoms with Crippen LogP contribution in [0.5, 0.6) is 17.2 Å². The highest BCUT2D eigenvalue weighted by molar-refractivity contribution is 7.99. The summed E-state index contributed by atoms with van der Waals surface area (Å²) in [5.74, 6) is 3.08. The van der Waals surface area contributed by atoms with E-state index in [1.165, 1.54) is 11.8 Å². The molecule has 3 rings (SSSR count). The van der Waals surface area contributed by atoms with Crippen LogP contribution in [0.15, 0.2) is 66.3 Å². The van der Waals surface area contributed by atoms with Gasteiger partial charge in [0.1, 0.15) is 17.2 Å². The van der Waals surface area contributed by atoms with Gasteiger partial charge in [-0.15, -0.1) is 16.8 Å². The smallest absolute Gasteiger partial charge is 0.192 e. The SMILES string of the molecule is C=CCn1c(SCC(=O)c2ccc(OC)cc2)nnc1C(C)Oc1ccc(OC)cc1. The Morgan fingerprint density at radius 1 is 1.03 bits per heavy atom. The zero-order valence-corrected chi connectivity index (χ0v) is 18.6. The van der Waals surface area contributed by atoms with E-state index in [0.717, 1.165) is 5.75 Å². The van der Waals surface area contributed by atoms with E-state index in [2.05, 4.69) is 16.8 Å². The molecule has 0 N–H and O–H groups in total. The number of aromatic nitrogens is 3. The fourth-order valence-electron chi connectivity index (χ4n) is 2.91. The third-order valence-electron chi connectivity index (χ3n) is 4.54. The molecule has 0 aliphatic heterocycles. The van der Waals surface area contributed by atoms with Crippen molar-refractivity contribution in [1.82, 2.24) is 14.8 Å². The van der Waals surface area contributed by atoms with E-state index < -0.39 is 0 Å². The number of ketones is 1. The largest absolute Gasteiger partial charge is 0.497 e. The zero-order valence-electron chi connectivity index (χ0n) is 17.8. The number of carbonyl (C=O) groups excluding carboxylic acids is 1. The highest BCUT2D eigenvalue weighted by Gasteiger charge is 2.20. The third-order valence-corrected chi connectivity index (χ3v) is 5.50. The van der Waals surface area contributed by atoms with Crippen molar-refractivity contribution in [2.24, 2.45) is 0 Å². The monoisotopic (exact) mass is 439 g/mol. The Bertz CT molecular complexity index is 1020. The Hall–Kier alpha value is -3.26. The normalized spacial score (nSPS) is 11.6. The average molecular weight is 440 g/mol. The second-order valence-electron chi connectivity index (χ2n) is 6.62. The zero-order chi connectivity index (χ0) is 22.2. The van der Waals surface area contributed by atoms with Crippen molar-refractivity contribution in [3.8, 4) is 17.2 Å². The number of carbonyl (C=O) groups is 1. The molecule has 31 heavy (non-hydrogen) atoms. The lowest BCUT2D eigenvalue weighted by atomic mass is 10.1. The molecule has 0 aliphatic carbocycles. The van der Waals surface area contributed by atoms with Crippen LogP contribution in [0.3, 0.4) is 0 Å². The Labute approximate surface area is 186 Å². The van der Waals surface area contributed by atoms with E-state index in [1.54, 1.807) is 44.6 Å². The molecule has 0 aliphatic rings. The summed E-state index contributed by atoms with van der Waals surface area (Å²) < 4.78 is 18.2. The molecule has 162 valence electrons. The summed E-state index contributed by atoms with van der Waals surface area (Å²) in [5, 5.41) is 9.22. The van der Waals surface area contributed by atoms with Gasteiger partial charge in [0.2, 0.25) is 0 Å². The Kier molecular flexibility index (Phi) is 7.72. The van der Waals surface area contributed by atoms with Crippen LogP contribution in [0.4, 0.5) is 0 Å². The van der Waals surface area contributed by atoms with Crippen molar-refractivity contribution >= 4 is 17.5 Å². The van der Waals surface area contributed by atoms with Gasteiger partial charge >= 0.3 is 0 Å². The number of hydrogen-bond acceptors (Lipinski definition) is 7. The van der Waals surface area contributed by atoms with E-state index in [9.17, 15) is 4.79 Å². The van der Waals surface area contributed by atoms with Crippen LogP contribution in [-0.2, 0) is 6.54 Å². The molecule has 0 fully saturated rings. The van der Waals surface area contributed by atoms with Crippen LogP contribution in [-0.4, -0.2) is 40.5 Å². The Morgan fingerprint density at radius 2 is 1.61 bits per heavy atom. The molecule has 1 atom stereocenters. The van der Waals surface area contributed by atoms with Gasteiger partial charge in [0.15, 0.2) is 22.9 Å². The highest BCUT2D eigenvalue weighted by Crippen LogP contribution is 2.26. The second kappa shape index (κ2) is 10.7. The standard InChI is InChI=1S/C23H25N3O4S/c1-5-14-26-22(16(2)30-20-12-10-19(29-4)11-13-20)24-25-23(26)31-15-21(27)17-6-8-18(28-3)9-7-17/h5-13,16H,1,14-15H2,2-4H3. The summed E-state index contributed by atoms with van der Waals surface area (Å²) in [4.78, 5) is 12.5. The number of thioether (sulfide) groups is 1. The van der Waals surface area contributed by atoms with Gasteiger partial charge in [-0.25, -0.2) is 0 Å². The lowest BCUT2D eigenvalue weighted by Gasteiger charge is -2.16. The predicted octanol–water partition coefficient (Wildman–Crippen LogP) is 4.60. The Balaban J connectivity index is 1.69. The molecule has 0 radical (unpaired) electrons. The third kappa shape index (κ3) is 5.67. The van der Waals surface area contributed by atoms with Crippen molar-refractivity contribution < 1.29 is 19.0 Å². The minimum Gasteiger partial charge on any atom is -0.497 e. The minimum atomic E-state index is -0.340. The average Bonchev–Trinajstić information content (AvgIpc) is 3.21. The summed E-state index contributed by atoms with van der Waals surface area (Å²) >= 11 is 1.34. The van der Waals surface area contributed by atoms with Crippen molar-refractivity contribution in [1.29, 1.82) is 0 Å². The summed E-state index contributed by atoms with van der Waals surface area (Å²) in [6, 6.07) is 14.4. The van der Waals surface area contributed by atoms with Gasteiger partial charge in [0.25, 0.3) is 0 Å². The quantitative estimate of drug-likeness (QED) is 0.246. The lowest BCUT2D eigenvalue weighted by molar-refractivity contribution is 0.102. The number of allylic oxidation sites excluding steroid dienone is 1. The number of methoxy groups -OCH3 is 2. The summed E-state index contributed by atoms with van der Waals surface area (Å²) in [6.07, 6.45) is 1.43. The first-order chi connectivity index (χ1) is 15.0. The molecule has 0 spiro atoms. The molecule has 0 amide bonds. The van der Waals surface area contributed by atoms with Gasteiger partial charge in [0, 0.05) is 12.1 Å². The highest BCUT2D eigenvalue weighted by atomic mass is 32.2. The van der Waals surface area contributed by atoms with E-state index >= 15 is 0 Å². The number of rotatable bonds is 11. The Morgan fingerprint density at radius 3 is 2.19 bits per heavy atom. The maximum Gasteiger partial charge on any atom is 0.192 e. The number of benzene rings is 2. The number of nitrogens with zero attached hydrogens (tertiary/aromatic N) is 3. The molecular weight excluding hydrogens is 414 g/mol. The molecule has 0 saturated carbocycles. The van der Waals surface area contributed by atoms with E-state index in [-0.39, 0.29) is 17.6 Å². The van der Waals surface area contributed by atoms with Gasteiger partial charge in [-0.05, 0) is 55.5 Å². The van der Waals surface area contributed by atoms with Gasteiger partial charge in [-0.3, -0.25) is 9.36 Å². The van der Waals surface area contributed by atoms with Crippen LogP contribution >= 0.6 is 11.8 Å². The van der Waals surface area contributed by atoms with Crippen LogP contribution in [0, 0.1) is 0 Å². The summed E-state index contributed by atoms with van der Waals surface area (Å²) in [7, 11) is 3.21. The van der Waals surface area contributed by atoms with Gasteiger partial charge in [-0.2, -0.15) is 0 Å². The molecule has 8 heteroatoms. The first-order valence-electron chi connectivity index (χ1n) is 9.70. The van der Waals surface area contributed by atoms with Crippen molar-refractivity contribution in [2.75, 3.05) is 20.0 Å². The molecule has 7 nitrogen and oxygen atoms in total. The first kappa shape index (κ1) is 22.4. The fraction of sp³-hybridized carbons (Fsp3) is 0.261. The number of ether oxygens (including phenoxy) is 3. The molecule has 2 aromatic carbocycles. The van der Waals surface area contributed by atoms with Crippen LogP contribution in [0.2, 0.25) is 0 Å². The molecular formula is C23H25N3O4S. The van der Waals surface area contributed by atoms with Crippen molar-refractivity contribution in [2.45, 2.75) is 24.7 Å². The van der Waals surface area contributed by atoms with Crippen molar-refractivity contribution in [3.05, 3.63) is 72.6 Å². The van der Waals surface area contributed by atoms with Crippen molar-refractivity contribution in [3.63, 3.8) is 0 Å². The van der Waals surface area contributed by atoms with Crippen LogP contribution in [0.1, 0.15) is 29.2 Å². The van der Waals surface area contributed by atoms with E-state index in [1.807, 2.05) is 35.8 Å². The number of hydrogen-bond donors (Lipinski definition) is 0. The second-order valence-corrected chi connectivity index (χ2v) is 7.56. The molecule has 1 aromatic heterocycles. The topological polar surface area (TPSA) is 75.5 Å². The van der Waals surface area contributed by atoms with Gasteiger partial charge in [-0.1, -0.05) is 17.8 Å². The summed E-state index contributed by atoms with van der Waals surface area (Å²) in [6.45, 7) is 6.24. The number of Topliss-reactive ketones (excluding diaryl/α,β-unsaturated/α-hetero) is 1. The molecule has 3 aromatic rings. The first-order valence-corrected chi connectivity index (χ1v) is 10.7. The maximum absolute atomic E-state index is 12.5. The molecule has 0 saturated heterocycles. The summed E-state index contributed by atoms with van der Waals surface area (Å²) in [5.41, 5.74) is 0.625. The lowest BCUT2D eigenvalue weighted by Crippen LogP contribution is -2.12. The fourth-order valence-corrected chi connectivity index (χ4v) is 3.76. The maximum atomic E-state index is 12.5. The van der Waals surface area contributed by atoms with Gasteiger partial charge in [0.05, 0.1) is 20.0 Å². The van der Waals surface area contributed by atoms with E-state index in [4.69, 9.17) is 14.2 Å². The van der Waals surface area contributed by atoms with Crippen LogP contribution < -0.4 is 14.2 Å². The molecule has 0 bridgehead atoms. The molecule has 1 heterocycles. The minimum absolute atomic E-state index is 0.00453. The molecule has 1 unspecified atom stereocenters. The van der Waals surface area contributed by atoms with Crippen LogP contribution in [0.25, 0.3) is 0 Å². The van der Waals surface area contributed by atoms with Gasteiger partial charge < -0.3 is 14.2 Å². The predicted molar refractivity (Wildman–Crippen MR) is 120 cm³/mol.